The zero-order chi connectivity index (χ0) is 29.4. The van der Waals surface area contributed by atoms with E-state index in [0.717, 1.165) is 44.1 Å². The van der Waals surface area contributed by atoms with Gasteiger partial charge in [0.2, 0.25) is 11.7 Å². The van der Waals surface area contributed by atoms with E-state index in [1.165, 1.54) is 5.57 Å². The minimum atomic E-state index is -1.53. The van der Waals surface area contributed by atoms with Crippen molar-refractivity contribution in [3.63, 3.8) is 0 Å². The van der Waals surface area contributed by atoms with Crippen molar-refractivity contribution < 1.29 is 34.1 Å². The molecule has 0 radical (unpaired) electrons. The van der Waals surface area contributed by atoms with Crippen LogP contribution in [0.1, 0.15) is 83.6 Å². The maximum atomic E-state index is 13.4. The standard InChI is InChI=1S/C33H43NO7/c1-31-15-11-24(36)19-22(31)5-8-25-26(31)12-16-32(2)27(25)13-17-33(32,40)28(37)20-41-30(39)10-9-29(38)34-18-14-21-3-6-23(35)7-4-21/h3-4,6-7,19,25-27,35,40H,5,8-18,20H2,1-2H3,(H,34,38)/t25-,26-,27-,31+,32+,33+/m1/s1. The summed E-state index contributed by atoms with van der Waals surface area (Å²) in [6, 6.07) is 6.74. The molecule has 1 aromatic carbocycles. The molecule has 4 aliphatic rings. The molecule has 3 saturated carbocycles. The van der Waals surface area contributed by atoms with E-state index in [-0.39, 0.29) is 41.6 Å². The zero-order valence-corrected chi connectivity index (χ0v) is 24.2. The maximum Gasteiger partial charge on any atom is 0.306 e. The van der Waals surface area contributed by atoms with Crippen molar-refractivity contribution in [2.45, 2.75) is 90.1 Å². The van der Waals surface area contributed by atoms with E-state index in [0.29, 0.717) is 37.6 Å². The SMILES string of the molecule is C[C@]12CCC(=O)C=C1CC[C@@H]1[C@H]2CC[C@@]2(C)[C@@H]1CC[C@]2(O)C(=O)COC(=O)CCC(=O)NCCc1ccc(O)cc1. The molecule has 3 fully saturated rings. The Morgan fingerprint density at radius 1 is 0.976 bits per heavy atom. The summed E-state index contributed by atoms with van der Waals surface area (Å²) >= 11 is 0. The summed E-state index contributed by atoms with van der Waals surface area (Å²) in [5, 5.41) is 23.9. The number of aliphatic hydroxyl groups is 1. The number of phenolic OH excluding ortho intramolecular Hbond substituents is 1. The number of esters is 1. The average molecular weight is 566 g/mol. The van der Waals surface area contributed by atoms with Crippen molar-refractivity contribution in [2.75, 3.05) is 13.2 Å². The highest BCUT2D eigenvalue weighted by Crippen LogP contribution is 2.67. The zero-order valence-electron chi connectivity index (χ0n) is 24.2. The van der Waals surface area contributed by atoms with Gasteiger partial charge < -0.3 is 20.3 Å². The van der Waals surface area contributed by atoms with Gasteiger partial charge in [0.25, 0.3) is 0 Å². The molecule has 0 bridgehead atoms. The van der Waals surface area contributed by atoms with Crippen molar-refractivity contribution in [1.82, 2.24) is 5.32 Å². The maximum absolute atomic E-state index is 13.4. The molecular weight excluding hydrogens is 522 g/mol. The number of benzene rings is 1. The molecule has 0 aromatic heterocycles. The van der Waals surface area contributed by atoms with Gasteiger partial charge in [-0.25, -0.2) is 0 Å². The average Bonchev–Trinajstić information content (AvgIpc) is 3.23. The quantitative estimate of drug-likeness (QED) is 0.383. The van der Waals surface area contributed by atoms with E-state index in [4.69, 9.17) is 4.74 Å². The molecule has 0 spiro atoms. The first kappa shape index (κ1) is 29.5. The van der Waals surface area contributed by atoms with Gasteiger partial charge in [0.1, 0.15) is 11.4 Å². The smallest absolute Gasteiger partial charge is 0.306 e. The Balaban J connectivity index is 1.11. The number of rotatable bonds is 9. The van der Waals surface area contributed by atoms with Crippen molar-refractivity contribution in [3.05, 3.63) is 41.5 Å². The fourth-order valence-electron chi connectivity index (χ4n) is 8.68. The summed E-state index contributed by atoms with van der Waals surface area (Å²) in [4.78, 5) is 50.0. The van der Waals surface area contributed by atoms with Crippen molar-refractivity contribution in [2.24, 2.45) is 28.6 Å². The number of amides is 1. The summed E-state index contributed by atoms with van der Waals surface area (Å²) in [5.41, 5.74) is 0.183. The van der Waals surface area contributed by atoms with Crippen LogP contribution in [-0.4, -0.2) is 52.4 Å². The van der Waals surface area contributed by atoms with E-state index in [2.05, 4.69) is 12.2 Å². The number of carbonyl (C=O) groups is 4. The summed E-state index contributed by atoms with van der Waals surface area (Å²) in [7, 11) is 0. The van der Waals surface area contributed by atoms with Gasteiger partial charge in [0.05, 0.1) is 6.42 Å². The number of nitrogens with one attached hydrogen (secondary N) is 1. The van der Waals surface area contributed by atoms with Crippen LogP contribution >= 0.6 is 0 Å². The highest BCUT2D eigenvalue weighted by Gasteiger charge is 2.66. The molecule has 0 unspecified atom stereocenters. The lowest BCUT2D eigenvalue weighted by molar-refractivity contribution is -0.170. The van der Waals surface area contributed by atoms with Crippen LogP contribution in [0, 0.1) is 28.6 Å². The monoisotopic (exact) mass is 565 g/mol. The van der Waals surface area contributed by atoms with E-state index < -0.39 is 29.4 Å². The number of fused-ring (bicyclic) bond motifs is 5. The fraction of sp³-hybridized carbons (Fsp3) is 0.636. The second-order valence-corrected chi connectivity index (χ2v) is 13.2. The molecule has 0 aliphatic heterocycles. The highest BCUT2D eigenvalue weighted by molar-refractivity contribution is 5.92. The first-order valence-electron chi connectivity index (χ1n) is 15.2. The number of hydrogen-bond acceptors (Lipinski definition) is 7. The number of Topliss-reactive ketones (excluding diaryl/α,β-unsaturated/α-hetero) is 1. The van der Waals surface area contributed by atoms with Crippen LogP contribution in [0.25, 0.3) is 0 Å². The third-order valence-corrected chi connectivity index (χ3v) is 11.2. The van der Waals surface area contributed by atoms with Crippen molar-refractivity contribution in [3.8, 4) is 5.75 Å². The van der Waals surface area contributed by atoms with E-state index >= 15 is 0 Å². The second kappa shape index (κ2) is 11.3. The minimum absolute atomic E-state index is 0.0240. The first-order chi connectivity index (χ1) is 19.5. The predicted octanol–water partition coefficient (Wildman–Crippen LogP) is 4.21. The van der Waals surface area contributed by atoms with Gasteiger partial charge in [-0.1, -0.05) is 31.6 Å². The fourth-order valence-corrected chi connectivity index (χ4v) is 8.68. The van der Waals surface area contributed by atoms with Gasteiger partial charge in [-0.2, -0.15) is 0 Å². The molecule has 4 aliphatic carbocycles. The molecule has 3 N–H and O–H groups in total. The number of hydrogen-bond donors (Lipinski definition) is 3. The number of ether oxygens (including phenoxy) is 1. The van der Waals surface area contributed by atoms with Crippen LogP contribution in [0.3, 0.4) is 0 Å². The Morgan fingerprint density at radius 2 is 1.71 bits per heavy atom. The van der Waals surface area contributed by atoms with Crippen LogP contribution in [0.15, 0.2) is 35.9 Å². The Morgan fingerprint density at radius 3 is 2.46 bits per heavy atom. The number of ketones is 2. The summed E-state index contributed by atoms with van der Waals surface area (Å²) < 4.78 is 5.25. The van der Waals surface area contributed by atoms with Crippen LogP contribution in [0.4, 0.5) is 0 Å². The Hall–Kier alpha value is -3.00. The molecule has 1 aromatic rings. The second-order valence-electron chi connectivity index (χ2n) is 13.2. The van der Waals surface area contributed by atoms with Gasteiger partial charge in [-0.15, -0.1) is 0 Å². The summed E-state index contributed by atoms with van der Waals surface area (Å²) in [6.07, 6.45) is 8.46. The molecule has 222 valence electrons. The Kier molecular flexibility index (Phi) is 8.16. The molecule has 8 heteroatoms. The third kappa shape index (κ3) is 5.47. The van der Waals surface area contributed by atoms with Crippen LogP contribution < -0.4 is 5.32 Å². The summed E-state index contributed by atoms with van der Waals surface area (Å²) in [5.74, 6) is 0.131. The van der Waals surface area contributed by atoms with Gasteiger partial charge in [0, 0.05) is 24.8 Å². The Labute approximate surface area is 241 Å². The van der Waals surface area contributed by atoms with Crippen molar-refractivity contribution in [1.29, 1.82) is 0 Å². The topological polar surface area (TPSA) is 130 Å². The predicted molar refractivity (Wildman–Crippen MR) is 152 cm³/mol. The highest BCUT2D eigenvalue weighted by atomic mass is 16.5. The normalized spacial score (nSPS) is 34.1. The number of allylic oxidation sites excluding steroid dienone is 1. The molecule has 8 nitrogen and oxygen atoms in total. The number of phenols is 1. The molecular formula is C33H43NO7. The first-order valence-corrected chi connectivity index (χ1v) is 15.2. The van der Waals surface area contributed by atoms with Crippen LogP contribution in [0.5, 0.6) is 5.75 Å². The lowest BCUT2D eigenvalue weighted by atomic mass is 9.46. The molecule has 0 heterocycles. The van der Waals surface area contributed by atoms with E-state index in [1.807, 2.05) is 13.0 Å². The largest absolute Gasteiger partial charge is 0.508 e. The molecule has 0 saturated heterocycles. The van der Waals surface area contributed by atoms with E-state index in [9.17, 15) is 29.4 Å². The van der Waals surface area contributed by atoms with Gasteiger partial charge in [0.15, 0.2) is 12.4 Å². The minimum Gasteiger partial charge on any atom is -0.508 e. The van der Waals surface area contributed by atoms with Gasteiger partial charge in [-0.3, -0.25) is 19.2 Å². The Bertz CT molecular complexity index is 1240. The number of aromatic hydroxyl groups is 1. The lowest BCUT2D eigenvalue weighted by Crippen LogP contribution is -2.58. The van der Waals surface area contributed by atoms with Gasteiger partial charge >= 0.3 is 5.97 Å². The van der Waals surface area contributed by atoms with Crippen LogP contribution in [-0.2, 0) is 30.3 Å². The number of carbonyl (C=O) groups excluding carboxylic acids is 4. The van der Waals surface area contributed by atoms with Crippen LogP contribution in [0.2, 0.25) is 0 Å². The van der Waals surface area contributed by atoms with Crippen molar-refractivity contribution >= 4 is 23.4 Å². The lowest BCUT2D eigenvalue weighted by Gasteiger charge is -2.58. The molecule has 5 rings (SSSR count). The molecule has 1 amide bonds. The summed E-state index contributed by atoms with van der Waals surface area (Å²) in [6.45, 7) is 4.27. The van der Waals surface area contributed by atoms with E-state index in [1.54, 1.807) is 24.3 Å². The van der Waals surface area contributed by atoms with Gasteiger partial charge in [-0.05, 0) is 98.3 Å². The molecule has 41 heavy (non-hydrogen) atoms. The molecule has 6 atom stereocenters. The third-order valence-electron chi connectivity index (χ3n) is 11.2.